The predicted octanol–water partition coefficient (Wildman–Crippen LogP) is 2.80. The number of aryl methyl sites for hydroxylation is 1. The monoisotopic (exact) mass is 314 g/mol. The van der Waals surface area contributed by atoms with Crippen LogP contribution in [-0.4, -0.2) is 14.8 Å². The third-order valence-corrected chi connectivity index (χ3v) is 4.32. The molecule has 6 heteroatoms. The summed E-state index contributed by atoms with van der Waals surface area (Å²) < 4.78 is 3.13. The summed E-state index contributed by atoms with van der Waals surface area (Å²) in [4.78, 5) is 5.57. The highest BCUT2D eigenvalue weighted by molar-refractivity contribution is 9.10. The summed E-state index contributed by atoms with van der Waals surface area (Å²) in [5.74, 6) is 1.000. The van der Waals surface area contributed by atoms with Gasteiger partial charge in [-0.3, -0.25) is 0 Å². The highest BCUT2D eigenvalue weighted by Gasteiger charge is 2.04. The first-order valence-electron chi connectivity index (χ1n) is 5.60. The Morgan fingerprint density at radius 3 is 3.06 bits per heavy atom. The summed E-state index contributed by atoms with van der Waals surface area (Å²) >= 11 is 5.27. The molecule has 0 radical (unpaired) electrons. The van der Waals surface area contributed by atoms with Gasteiger partial charge < -0.3 is 5.32 Å². The van der Waals surface area contributed by atoms with Crippen LogP contribution < -0.4 is 5.32 Å². The molecule has 17 heavy (non-hydrogen) atoms. The zero-order valence-corrected chi connectivity index (χ0v) is 12.1. The van der Waals surface area contributed by atoms with E-state index in [4.69, 9.17) is 0 Å². The molecular formula is C11H15BrN4S. The van der Waals surface area contributed by atoms with Crippen LogP contribution >= 0.6 is 27.3 Å². The van der Waals surface area contributed by atoms with Gasteiger partial charge >= 0.3 is 0 Å². The highest BCUT2D eigenvalue weighted by Crippen LogP contribution is 2.22. The van der Waals surface area contributed by atoms with Crippen molar-refractivity contribution < 1.29 is 0 Å². The van der Waals surface area contributed by atoms with Crippen LogP contribution in [0.4, 0.5) is 0 Å². The van der Waals surface area contributed by atoms with Gasteiger partial charge in [-0.25, -0.2) is 9.67 Å². The van der Waals surface area contributed by atoms with Gasteiger partial charge in [0.1, 0.15) is 12.2 Å². The van der Waals surface area contributed by atoms with Crippen LogP contribution in [0.15, 0.2) is 22.2 Å². The first-order valence-corrected chi connectivity index (χ1v) is 7.27. The van der Waals surface area contributed by atoms with Gasteiger partial charge in [0.15, 0.2) is 0 Å². The van der Waals surface area contributed by atoms with Crippen LogP contribution in [0.3, 0.4) is 0 Å². The van der Waals surface area contributed by atoms with Crippen molar-refractivity contribution in [2.45, 2.75) is 33.0 Å². The van der Waals surface area contributed by atoms with E-state index in [-0.39, 0.29) is 0 Å². The van der Waals surface area contributed by atoms with Crippen molar-refractivity contribution in [3.63, 3.8) is 0 Å². The fourth-order valence-corrected chi connectivity index (χ4v) is 3.02. The molecule has 0 aliphatic heterocycles. The van der Waals surface area contributed by atoms with E-state index < -0.39 is 0 Å². The summed E-state index contributed by atoms with van der Waals surface area (Å²) in [5, 5.41) is 9.67. The lowest BCUT2D eigenvalue weighted by atomic mass is 10.4. The number of hydrogen-bond donors (Lipinski definition) is 1. The van der Waals surface area contributed by atoms with Gasteiger partial charge in [0, 0.05) is 22.4 Å². The third kappa shape index (κ3) is 3.37. The Bertz CT molecular complexity index is 465. The molecule has 0 saturated heterocycles. The number of rotatable bonds is 6. The molecule has 92 valence electrons. The predicted molar refractivity (Wildman–Crippen MR) is 72.9 cm³/mol. The van der Waals surface area contributed by atoms with Gasteiger partial charge in [0.05, 0.1) is 6.54 Å². The van der Waals surface area contributed by atoms with E-state index in [0.29, 0.717) is 0 Å². The van der Waals surface area contributed by atoms with Gasteiger partial charge in [0.25, 0.3) is 0 Å². The minimum atomic E-state index is 0.754. The zero-order valence-electron chi connectivity index (χ0n) is 9.69. The van der Waals surface area contributed by atoms with Crippen molar-refractivity contribution in [3.05, 3.63) is 32.9 Å². The molecule has 0 bridgehead atoms. The Labute approximate surface area is 113 Å². The molecule has 2 aromatic heterocycles. The standard InChI is InChI=1S/C11H15BrN4S/c1-2-4-16-11(14-8-15-16)7-13-6-10-9(12)3-5-17-10/h3,5,8,13H,2,4,6-7H2,1H3. The van der Waals surface area contributed by atoms with E-state index in [1.54, 1.807) is 17.7 Å². The molecule has 2 heterocycles. The largest absolute Gasteiger partial charge is 0.305 e. The maximum atomic E-state index is 4.26. The Balaban J connectivity index is 1.86. The number of nitrogens with zero attached hydrogens (tertiary/aromatic N) is 3. The van der Waals surface area contributed by atoms with Gasteiger partial charge in [0.2, 0.25) is 0 Å². The third-order valence-electron chi connectivity index (χ3n) is 2.39. The number of thiophene rings is 1. The SMILES string of the molecule is CCCn1ncnc1CNCc1sccc1Br. The lowest BCUT2D eigenvalue weighted by Gasteiger charge is -2.05. The summed E-state index contributed by atoms with van der Waals surface area (Å²) in [6.07, 6.45) is 2.70. The Morgan fingerprint density at radius 1 is 1.47 bits per heavy atom. The quantitative estimate of drug-likeness (QED) is 0.891. The van der Waals surface area contributed by atoms with Crippen molar-refractivity contribution in [1.82, 2.24) is 20.1 Å². The van der Waals surface area contributed by atoms with E-state index in [1.807, 2.05) is 4.68 Å². The molecule has 4 nitrogen and oxygen atoms in total. The summed E-state index contributed by atoms with van der Waals surface area (Å²) in [5.41, 5.74) is 0. The molecule has 0 aliphatic rings. The Hall–Kier alpha value is -0.720. The summed E-state index contributed by atoms with van der Waals surface area (Å²) in [6.45, 7) is 4.68. The van der Waals surface area contributed by atoms with Gasteiger partial charge in [-0.05, 0) is 33.8 Å². The molecule has 0 atom stereocenters. The topological polar surface area (TPSA) is 42.7 Å². The van der Waals surface area contributed by atoms with Gasteiger partial charge in [-0.15, -0.1) is 11.3 Å². The molecule has 1 N–H and O–H groups in total. The normalized spacial score (nSPS) is 10.9. The van der Waals surface area contributed by atoms with Crippen molar-refractivity contribution in [1.29, 1.82) is 0 Å². The average molecular weight is 315 g/mol. The van der Waals surface area contributed by atoms with Gasteiger partial charge in [-0.2, -0.15) is 5.10 Å². The minimum Gasteiger partial charge on any atom is -0.305 e. The lowest BCUT2D eigenvalue weighted by molar-refractivity contribution is 0.543. The second-order valence-corrected chi connectivity index (χ2v) is 5.55. The summed E-state index contributed by atoms with van der Waals surface area (Å²) in [6, 6.07) is 2.07. The van der Waals surface area contributed by atoms with Crippen LogP contribution in [0.5, 0.6) is 0 Å². The lowest BCUT2D eigenvalue weighted by Crippen LogP contribution is -2.17. The van der Waals surface area contributed by atoms with Crippen molar-refractivity contribution in [2.75, 3.05) is 0 Å². The van der Waals surface area contributed by atoms with Crippen molar-refractivity contribution in [3.8, 4) is 0 Å². The van der Waals surface area contributed by atoms with Crippen molar-refractivity contribution >= 4 is 27.3 Å². The van der Waals surface area contributed by atoms with Crippen molar-refractivity contribution in [2.24, 2.45) is 0 Å². The number of hydrogen-bond acceptors (Lipinski definition) is 4. The van der Waals surface area contributed by atoms with E-state index in [0.717, 1.165) is 31.9 Å². The van der Waals surface area contributed by atoms with Gasteiger partial charge in [-0.1, -0.05) is 6.92 Å². The Morgan fingerprint density at radius 2 is 2.35 bits per heavy atom. The molecule has 0 aromatic carbocycles. The van der Waals surface area contributed by atoms with Crippen LogP contribution in [0.1, 0.15) is 24.0 Å². The summed E-state index contributed by atoms with van der Waals surface area (Å²) in [7, 11) is 0. The zero-order chi connectivity index (χ0) is 12.1. The number of halogens is 1. The second kappa shape index (κ2) is 6.28. The molecule has 0 spiro atoms. The van der Waals surface area contributed by atoms with Crippen LogP contribution in [0.25, 0.3) is 0 Å². The van der Waals surface area contributed by atoms with E-state index >= 15 is 0 Å². The number of nitrogens with one attached hydrogen (secondary N) is 1. The second-order valence-electron chi connectivity index (χ2n) is 3.69. The van der Waals surface area contributed by atoms with E-state index in [1.165, 1.54) is 9.35 Å². The minimum absolute atomic E-state index is 0.754. The first-order chi connectivity index (χ1) is 8.31. The maximum Gasteiger partial charge on any atom is 0.140 e. The molecule has 0 amide bonds. The smallest absolute Gasteiger partial charge is 0.140 e. The molecule has 2 aromatic rings. The number of aromatic nitrogens is 3. The average Bonchev–Trinajstić information content (AvgIpc) is 2.90. The van der Waals surface area contributed by atoms with E-state index in [2.05, 4.69) is 49.7 Å². The molecule has 0 unspecified atom stereocenters. The maximum absolute atomic E-state index is 4.26. The fourth-order valence-electron chi connectivity index (χ4n) is 1.56. The molecular weight excluding hydrogens is 300 g/mol. The fraction of sp³-hybridized carbons (Fsp3) is 0.455. The molecule has 2 rings (SSSR count). The van der Waals surface area contributed by atoms with E-state index in [9.17, 15) is 0 Å². The molecule has 0 saturated carbocycles. The van der Waals surface area contributed by atoms with Crippen LogP contribution in [-0.2, 0) is 19.6 Å². The Kier molecular flexibility index (Phi) is 4.70. The van der Waals surface area contributed by atoms with Crippen LogP contribution in [0.2, 0.25) is 0 Å². The molecule has 0 fully saturated rings. The highest BCUT2D eigenvalue weighted by atomic mass is 79.9. The van der Waals surface area contributed by atoms with Crippen LogP contribution in [0, 0.1) is 0 Å². The first kappa shape index (κ1) is 12.7. The molecule has 0 aliphatic carbocycles.